The first-order valence-corrected chi connectivity index (χ1v) is 10.4. The lowest BCUT2D eigenvalue weighted by Gasteiger charge is -2.47. The average Bonchev–Trinajstić information content (AvgIpc) is 2.78. The molecule has 2 heterocycles. The molecule has 180 valence electrons. The largest absolute Gasteiger partial charge is 0.394 e. The standard InChI is InChI=1S/C21H31NO10/c1-10-15(25)19(32-21-18(28)17(27)16(26)13(8-23)31-21)14(22-11(2)24)20(30-10)29-9-12-6-4-3-5-7-12/h3-7,10,13-21,23,25-28H,8-9H2,1-2H3,(H,22,24)/t10?,13?,14?,15-,16-,17?,18?,19?,20+,21-/m0/s1. The zero-order valence-electron chi connectivity index (χ0n) is 17.9. The zero-order chi connectivity index (χ0) is 23.4. The Kier molecular flexibility index (Phi) is 8.55. The minimum Gasteiger partial charge on any atom is -0.394 e. The molecule has 0 aliphatic carbocycles. The lowest BCUT2D eigenvalue weighted by molar-refractivity contribution is -0.343. The summed E-state index contributed by atoms with van der Waals surface area (Å²) < 4.78 is 22.8. The Labute approximate surface area is 185 Å². The summed E-state index contributed by atoms with van der Waals surface area (Å²) in [4.78, 5) is 11.9. The third kappa shape index (κ3) is 5.63. The predicted molar refractivity (Wildman–Crippen MR) is 108 cm³/mol. The van der Waals surface area contributed by atoms with E-state index in [9.17, 15) is 30.3 Å². The first-order chi connectivity index (χ1) is 15.2. The lowest BCUT2D eigenvalue weighted by Crippen LogP contribution is -2.67. The molecule has 1 aromatic rings. The third-order valence-corrected chi connectivity index (χ3v) is 5.58. The molecule has 2 saturated heterocycles. The fourth-order valence-corrected chi connectivity index (χ4v) is 3.79. The van der Waals surface area contributed by atoms with Crippen molar-refractivity contribution in [3.05, 3.63) is 35.9 Å². The molecule has 0 bridgehead atoms. The van der Waals surface area contributed by atoms with Gasteiger partial charge in [0.05, 0.1) is 19.3 Å². The van der Waals surface area contributed by atoms with Crippen molar-refractivity contribution in [1.82, 2.24) is 5.32 Å². The molecule has 6 unspecified atom stereocenters. The van der Waals surface area contributed by atoms with Crippen molar-refractivity contribution in [3.8, 4) is 0 Å². The summed E-state index contributed by atoms with van der Waals surface area (Å²) in [5.74, 6) is -0.434. The number of aliphatic hydroxyl groups excluding tert-OH is 5. The molecule has 10 atom stereocenters. The van der Waals surface area contributed by atoms with Gasteiger partial charge in [-0.1, -0.05) is 30.3 Å². The summed E-state index contributed by atoms with van der Waals surface area (Å²) in [7, 11) is 0. The minimum absolute atomic E-state index is 0.164. The maximum absolute atomic E-state index is 11.9. The number of aliphatic hydroxyl groups is 5. The normalized spacial score (nSPS) is 40.1. The summed E-state index contributed by atoms with van der Waals surface area (Å²) in [5, 5.41) is 53.1. The predicted octanol–water partition coefficient (Wildman–Crippen LogP) is -2.00. The second-order valence-electron chi connectivity index (χ2n) is 8.02. The van der Waals surface area contributed by atoms with E-state index < -0.39 is 73.9 Å². The molecular weight excluding hydrogens is 426 g/mol. The van der Waals surface area contributed by atoms with Crippen molar-refractivity contribution in [2.45, 2.75) is 81.8 Å². The van der Waals surface area contributed by atoms with Crippen molar-refractivity contribution >= 4 is 5.91 Å². The fourth-order valence-electron chi connectivity index (χ4n) is 3.79. The van der Waals surface area contributed by atoms with Crippen molar-refractivity contribution in [1.29, 1.82) is 0 Å². The van der Waals surface area contributed by atoms with E-state index in [4.69, 9.17) is 18.9 Å². The van der Waals surface area contributed by atoms with Gasteiger partial charge in [-0.05, 0) is 12.5 Å². The van der Waals surface area contributed by atoms with E-state index in [1.807, 2.05) is 30.3 Å². The first-order valence-electron chi connectivity index (χ1n) is 10.4. The molecule has 11 heteroatoms. The first kappa shape index (κ1) is 25.0. The van der Waals surface area contributed by atoms with E-state index in [2.05, 4.69) is 5.32 Å². The van der Waals surface area contributed by atoms with Crippen LogP contribution in [0.5, 0.6) is 0 Å². The van der Waals surface area contributed by atoms with Crippen molar-refractivity contribution in [2.24, 2.45) is 0 Å². The lowest BCUT2D eigenvalue weighted by atomic mass is 9.95. The molecule has 0 aromatic heterocycles. The SMILES string of the molecule is CC(=O)NC1C(O[C@@H]2OC(CO)[C@H](O)C(O)C2O)[C@@H](O)C(C)O[C@H]1OCc1ccccc1. The van der Waals surface area contributed by atoms with Crippen LogP contribution in [0.1, 0.15) is 19.4 Å². The minimum atomic E-state index is -1.67. The number of benzene rings is 1. The molecule has 0 spiro atoms. The van der Waals surface area contributed by atoms with E-state index in [0.29, 0.717) is 0 Å². The molecule has 1 aromatic carbocycles. The Morgan fingerprint density at radius 3 is 2.31 bits per heavy atom. The van der Waals surface area contributed by atoms with Crippen LogP contribution in [0.4, 0.5) is 0 Å². The maximum atomic E-state index is 11.9. The van der Waals surface area contributed by atoms with Gasteiger partial charge in [-0.3, -0.25) is 4.79 Å². The van der Waals surface area contributed by atoms with Gasteiger partial charge in [0.2, 0.25) is 5.91 Å². The van der Waals surface area contributed by atoms with E-state index in [0.717, 1.165) is 5.56 Å². The molecule has 0 radical (unpaired) electrons. The van der Waals surface area contributed by atoms with Gasteiger partial charge < -0.3 is 49.8 Å². The maximum Gasteiger partial charge on any atom is 0.217 e. The molecular formula is C21H31NO10. The second kappa shape index (κ2) is 11.0. The smallest absolute Gasteiger partial charge is 0.217 e. The molecule has 1 amide bonds. The number of carbonyl (C=O) groups excluding carboxylic acids is 1. The zero-order valence-corrected chi connectivity index (χ0v) is 17.9. The fraction of sp³-hybridized carbons (Fsp3) is 0.667. The van der Waals surface area contributed by atoms with Crippen LogP contribution < -0.4 is 5.32 Å². The molecule has 2 aliphatic heterocycles. The number of nitrogens with one attached hydrogen (secondary N) is 1. The number of carbonyl (C=O) groups is 1. The Morgan fingerprint density at radius 1 is 1.00 bits per heavy atom. The van der Waals surface area contributed by atoms with Gasteiger partial charge in [0, 0.05) is 6.92 Å². The number of amides is 1. The summed E-state index contributed by atoms with van der Waals surface area (Å²) in [6.45, 7) is 2.41. The molecule has 2 aliphatic rings. The van der Waals surface area contributed by atoms with E-state index in [1.165, 1.54) is 6.92 Å². The quantitative estimate of drug-likeness (QED) is 0.269. The van der Waals surface area contributed by atoms with Gasteiger partial charge in [0.25, 0.3) is 0 Å². The van der Waals surface area contributed by atoms with E-state index >= 15 is 0 Å². The van der Waals surface area contributed by atoms with Gasteiger partial charge in [-0.2, -0.15) is 0 Å². The van der Waals surface area contributed by atoms with Crippen molar-refractivity contribution < 1.29 is 49.3 Å². The highest BCUT2D eigenvalue weighted by molar-refractivity contribution is 5.73. The van der Waals surface area contributed by atoms with Gasteiger partial charge in [0.15, 0.2) is 12.6 Å². The second-order valence-corrected chi connectivity index (χ2v) is 8.02. The van der Waals surface area contributed by atoms with Crippen LogP contribution in [0.15, 0.2) is 30.3 Å². The van der Waals surface area contributed by atoms with Gasteiger partial charge in [-0.15, -0.1) is 0 Å². The number of hydrogen-bond acceptors (Lipinski definition) is 10. The Morgan fingerprint density at radius 2 is 1.69 bits per heavy atom. The molecule has 11 nitrogen and oxygen atoms in total. The molecule has 6 N–H and O–H groups in total. The van der Waals surface area contributed by atoms with Crippen LogP contribution in [0.3, 0.4) is 0 Å². The monoisotopic (exact) mass is 457 g/mol. The molecule has 32 heavy (non-hydrogen) atoms. The molecule has 2 fully saturated rings. The van der Waals surface area contributed by atoms with Gasteiger partial charge >= 0.3 is 0 Å². The van der Waals surface area contributed by atoms with Crippen LogP contribution in [0.2, 0.25) is 0 Å². The van der Waals surface area contributed by atoms with Crippen LogP contribution in [0, 0.1) is 0 Å². The number of hydrogen-bond donors (Lipinski definition) is 6. The highest BCUT2D eigenvalue weighted by Crippen LogP contribution is 2.30. The summed E-state index contributed by atoms with van der Waals surface area (Å²) in [6.07, 6.45) is -11.7. The van der Waals surface area contributed by atoms with Crippen LogP contribution in [-0.2, 0) is 30.3 Å². The van der Waals surface area contributed by atoms with Crippen molar-refractivity contribution in [3.63, 3.8) is 0 Å². The Hall–Kier alpha value is -1.67. The number of rotatable bonds is 7. The summed E-state index contributed by atoms with van der Waals surface area (Å²) in [5.41, 5.74) is 0.864. The van der Waals surface area contributed by atoms with Crippen LogP contribution in [-0.4, -0.2) is 99.4 Å². The molecule has 0 saturated carbocycles. The van der Waals surface area contributed by atoms with E-state index in [-0.39, 0.29) is 6.61 Å². The van der Waals surface area contributed by atoms with Crippen molar-refractivity contribution in [2.75, 3.05) is 6.61 Å². The summed E-state index contributed by atoms with van der Waals surface area (Å²) in [6, 6.07) is 8.29. The summed E-state index contributed by atoms with van der Waals surface area (Å²) >= 11 is 0. The van der Waals surface area contributed by atoms with Gasteiger partial charge in [0.1, 0.15) is 42.7 Å². The number of ether oxygens (including phenoxy) is 4. The highest BCUT2D eigenvalue weighted by atomic mass is 16.7. The Bertz CT molecular complexity index is 735. The highest BCUT2D eigenvalue weighted by Gasteiger charge is 2.50. The Balaban J connectivity index is 1.79. The van der Waals surface area contributed by atoms with Gasteiger partial charge in [-0.25, -0.2) is 0 Å². The third-order valence-electron chi connectivity index (χ3n) is 5.58. The molecule has 3 rings (SSSR count). The topological polar surface area (TPSA) is 167 Å². The van der Waals surface area contributed by atoms with E-state index in [1.54, 1.807) is 6.92 Å². The van der Waals surface area contributed by atoms with Crippen LogP contribution in [0.25, 0.3) is 0 Å². The van der Waals surface area contributed by atoms with Crippen LogP contribution >= 0.6 is 0 Å². The average molecular weight is 457 g/mol.